The Bertz CT molecular complexity index is 1170. The standard InChI is InChI=1S/C25H27ClN6OS/c1-19-16-21(10-11-22(19)26)31(15-7-12-27)24(33)18-34-25-29-28-23(17-30-13-5-6-14-30)32(25)20-8-3-2-4-9-20/h2-4,8-11,16H,5-7,13-15,17-18H2,1H3. The molecule has 0 saturated carbocycles. The highest BCUT2D eigenvalue weighted by atomic mass is 35.5. The third kappa shape index (κ3) is 5.79. The van der Waals surface area contributed by atoms with Crippen LogP contribution in [0.25, 0.3) is 5.69 Å². The Morgan fingerprint density at radius 3 is 2.65 bits per heavy atom. The van der Waals surface area contributed by atoms with E-state index in [1.165, 1.54) is 24.6 Å². The average Bonchev–Trinajstić information content (AvgIpc) is 3.51. The van der Waals surface area contributed by atoms with Gasteiger partial charge in [-0.05, 0) is 68.8 Å². The molecular weight excluding hydrogens is 468 g/mol. The second-order valence-electron chi connectivity index (χ2n) is 8.23. The number of nitriles is 1. The van der Waals surface area contributed by atoms with Gasteiger partial charge in [0, 0.05) is 22.9 Å². The molecule has 1 saturated heterocycles. The van der Waals surface area contributed by atoms with Gasteiger partial charge in [0.1, 0.15) is 0 Å². The minimum Gasteiger partial charge on any atom is -0.311 e. The fourth-order valence-corrected chi connectivity index (χ4v) is 5.00. The van der Waals surface area contributed by atoms with Crippen molar-refractivity contribution in [3.63, 3.8) is 0 Å². The van der Waals surface area contributed by atoms with Gasteiger partial charge in [-0.2, -0.15) is 5.26 Å². The van der Waals surface area contributed by atoms with Gasteiger partial charge >= 0.3 is 0 Å². The molecule has 0 N–H and O–H groups in total. The number of aryl methyl sites for hydroxylation is 1. The first-order valence-corrected chi connectivity index (χ1v) is 12.7. The van der Waals surface area contributed by atoms with Gasteiger partial charge in [0.2, 0.25) is 5.91 Å². The summed E-state index contributed by atoms with van der Waals surface area (Å²) in [6.07, 6.45) is 2.66. The highest BCUT2D eigenvalue weighted by Crippen LogP contribution is 2.27. The molecule has 7 nitrogen and oxygen atoms in total. The lowest BCUT2D eigenvalue weighted by Crippen LogP contribution is -2.33. The minimum absolute atomic E-state index is 0.0920. The van der Waals surface area contributed by atoms with Crippen LogP contribution in [0.3, 0.4) is 0 Å². The van der Waals surface area contributed by atoms with E-state index in [1.54, 1.807) is 11.0 Å². The zero-order valence-electron chi connectivity index (χ0n) is 19.2. The molecule has 1 aliphatic heterocycles. The third-order valence-corrected chi connectivity index (χ3v) is 7.14. The number of rotatable bonds is 9. The molecule has 1 amide bonds. The van der Waals surface area contributed by atoms with Gasteiger partial charge in [-0.3, -0.25) is 14.3 Å². The number of carbonyl (C=O) groups is 1. The molecular formula is C25H27ClN6OS. The number of hydrogen-bond acceptors (Lipinski definition) is 6. The number of benzene rings is 2. The van der Waals surface area contributed by atoms with Gasteiger partial charge in [0.05, 0.1) is 24.8 Å². The summed E-state index contributed by atoms with van der Waals surface area (Å²) in [7, 11) is 0. The van der Waals surface area contributed by atoms with E-state index < -0.39 is 0 Å². The molecule has 0 radical (unpaired) electrons. The summed E-state index contributed by atoms with van der Waals surface area (Å²) < 4.78 is 2.04. The van der Waals surface area contributed by atoms with Gasteiger partial charge in [0.15, 0.2) is 11.0 Å². The highest BCUT2D eigenvalue weighted by Gasteiger charge is 2.22. The molecule has 1 fully saturated rings. The van der Waals surface area contributed by atoms with Gasteiger partial charge in [-0.15, -0.1) is 10.2 Å². The lowest BCUT2D eigenvalue weighted by atomic mass is 10.2. The Morgan fingerprint density at radius 1 is 1.18 bits per heavy atom. The molecule has 9 heteroatoms. The predicted molar refractivity (Wildman–Crippen MR) is 135 cm³/mol. The number of nitrogens with zero attached hydrogens (tertiary/aromatic N) is 6. The van der Waals surface area contributed by atoms with Crippen molar-refractivity contribution in [2.24, 2.45) is 0 Å². The average molecular weight is 495 g/mol. The molecule has 0 unspecified atom stereocenters. The number of halogens is 1. The van der Waals surface area contributed by atoms with Crippen LogP contribution in [-0.2, 0) is 11.3 Å². The third-order valence-electron chi connectivity index (χ3n) is 5.80. The van der Waals surface area contributed by atoms with Crippen LogP contribution in [0.5, 0.6) is 0 Å². The Morgan fingerprint density at radius 2 is 1.94 bits per heavy atom. The Labute approximate surface area is 209 Å². The topological polar surface area (TPSA) is 78.0 Å². The zero-order chi connectivity index (χ0) is 23.9. The van der Waals surface area contributed by atoms with E-state index >= 15 is 0 Å². The minimum atomic E-state index is -0.0920. The van der Waals surface area contributed by atoms with E-state index in [0.717, 1.165) is 42.4 Å². The number of likely N-dealkylation sites (tertiary alicyclic amines) is 1. The van der Waals surface area contributed by atoms with E-state index in [4.69, 9.17) is 16.9 Å². The SMILES string of the molecule is Cc1cc(N(CCC#N)C(=O)CSc2nnc(CN3CCCC3)n2-c2ccccc2)ccc1Cl. The largest absolute Gasteiger partial charge is 0.311 e. The summed E-state index contributed by atoms with van der Waals surface area (Å²) in [4.78, 5) is 17.3. The molecule has 1 aliphatic rings. The molecule has 4 rings (SSSR count). The Hall–Kier alpha value is -2.86. The van der Waals surface area contributed by atoms with Crippen molar-refractivity contribution in [2.45, 2.75) is 37.9 Å². The molecule has 0 atom stereocenters. The Kier molecular flexibility index (Phi) is 8.22. The second-order valence-corrected chi connectivity index (χ2v) is 9.58. The monoisotopic (exact) mass is 494 g/mol. The van der Waals surface area contributed by atoms with Crippen LogP contribution in [0.1, 0.15) is 30.7 Å². The second kappa shape index (κ2) is 11.5. The van der Waals surface area contributed by atoms with Crippen LogP contribution in [0, 0.1) is 18.3 Å². The fraction of sp³-hybridized carbons (Fsp3) is 0.360. The molecule has 0 bridgehead atoms. The summed E-state index contributed by atoms with van der Waals surface area (Å²) in [5.41, 5.74) is 2.60. The summed E-state index contributed by atoms with van der Waals surface area (Å²) in [6.45, 7) is 5.09. The van der Waals surface area contributed by atoms with E-state index in [2.05, 4.69) is 21.2 Å². The van der Waals surface area contributed by atoms with Crippen LogP contribution in [0.4, 0.5) is 5.69 Å². The molecule has 1 aromatic heterocycles. The van der Waals surface area contributed by atoms with Crippen LogP contribution in [0.2, 0.25) is 5.02 Å². The van der Waals surface area contributed by atoms with Crippen molar-refractivity contribution in [2.75, 3.05) is 30.3 Å². The van der Waals surface area contributed by atoms with Crippen molar-refractivity contribution in [1.82, 2.24) is 19.7 Å². The van der Waals surface area contributed by atoms with Crippen molar-refractivity contribution < 1.29 is 4.79 Å². The molecule has 3 aromatic rings. The van der Waals surface area contributed by atoms with Crippen LogP contribution >= 0.6 is 23.4 Å². The number of para-hydroxylation sites is 1. The Balaban J connectivity index is 1.55. The molecule has 34 heavy (non-hydrogen) atoms. The highest BCUT2D eigenvalue weighted by molar-refractivity contribution is 7.99. The van der Waals surface area contributed by atoms with E-state index in [0.29, 0.717) is 16.7 Å². The number of anilines is 1. The van der Waals surface area contributed by atoms with E-state index in [9.17, 15) is 4.79 Å². The first-order valence-electron chi connectivity index (χ1n) is 11.3. The summed E-state index contributed by atoms with van der Waals surface area (Å²) in [5.74, 6) is 0.963. The lowest BCUT2D eigenvalue weighted by Gasteiger charge is -2.22. The lowest BCUT2D eigenvalue weighted by molar-refractivity contribution is -0.116. The molecule has 2 aromatic carbocycles. The summed E-state index contributed by atoms with van der Waals surface area (Å²) in [5, 5.41) is 19.3. The number of aromatic nitrogens is 3. The number of amides is 1. The molecule has 0 aliphatic carbocycles. The number of carbonyl (C=O) groups excluding carboxylic acids is 1. The molecule has 2 heterocycles. The summed E-state index contributed by atoms with van der Waals surface area (Å²) in [6, 6.07) is 17.6. The zero-order valence-corrected chi connectivity index (χ0v) is 20.7. The number of hydrogen-bond donors (Lipinski definition) is 0. The molecule has 0 spiro atoms. The van der Waals surface area contributed by atoms with Gasteiger partial charge in [-0.1, -0.05) is 41.6 Å². The van der Waals surface area contributed by atoms with Crippen molar-refractivity contribution in [3.05, 3.63) is 64.9 Å². The maximum Gasteiger partial charge on any atom is 0.237 e. The number of thioether (sulfide) groups is 1. The smallest absolute Gasteiger partial charge is 0.237 e. The van der Waals surface area contributed by atoms with E-state index in [-0.39, 0.29) is 18.1 Å². The van der Waals surface area contributed by atoms with E-state index in [1.807, 2.05) is 54.0 Å². The van der Waals surface area contributed by atoms with Crippen molar-refractivity contribution in [3.8, 4) is 11.8 Å². The maximum absolute atomic E-state index is 13.2. The van der Waals surface area contributed by atoms with Crippen LogP contribution in [0.15, 0.2) is 53.7 Å². The quantitative estimate of drug-likeness (QED) is 0.395. The van der Waals surface area contributed by atoms with Gasteiger partial charge in [0.25, 0.3) is 0 Å². The normalized spacial score (nSPS) is 13.7. The van der Waals surface area contributed by atoms with Gasteiger partial charge < -0.3 is 4.90 Å². The first kappa shape index (κ1) is 24.3. The predicted octanol–water partition coefficient (Wildman–Crippen LogP) is 4.86. The summed E-state index contributed by atoms with van der Waals surface area (Å²) >= 11 is 7.53. The first-order chi connectivity index (χ1) is 16.6. The van der Waals surface area contributed by atoms with Crippen molar-refractivity contribution in [1.29, 1.82) is 5.26 Å². The molecule has 176 valence electrons. The van der Waals surface area contributed by atoms with Crippen molar-refractivity contribution >= 4 is 35.0 Å². The van der Waals surface area contributed by atoms with Crippen LogP contribution < -0.4 is 4.90 Å². The van der Waals surface area contributed by atoms with Crippen LogP contribution in [-0.4, -0.2) is 51.0 Å². The van der Waals surface area contributed by atoms with Gasteiger partial charge in [-0.25, -0.2) is 0 Å². The fourth-order valence-electron chi connectivity index (χ4n) is 4.03. The maximum atomic E-state index is 13.2.